The predicted molar refractivity (Wildman–Crippen MR) is 77.8 cm³/mol. The fourth-order valence-corrected chi connectivity index (χ4v) is 2.24. The van der Waals surface area contributed by atoms with Gasteiger partial charge < -0.3 is 9.84 Å². The number of esters is 1. The van der Waals surface area contributed by atoms with Crippen LogP contribution in [0.4, 0.5) is 0 Å². The van der Waals surface area contributed by atoms with Crippen molar-refractivity contribution < 1.29 is 14.6 Å². The van der Waals surface area contributed by atoms with Gasteiger partial charge in [-0.05, 0) is 17.7 Å². The summed E-state index contributed by atoms with van der Waals surface area (Å²) in [6.45, 7) is 0.0991. The van der Waals surface area contributed by atoms with Gasteiger partial charge in [0.2, 0.25) is 0 Å². The zero-order chi connectivity index (χ0) is 13.9. The summed E-state index contributed by atoms with van der Waals surface area (Å²) >= 11 is 1.71. The standard InChI is InChI=1S/C15H18O3S/c1-18-15(17)9-11-19-12-14-7-5-13(6-8-14)4-2-3-10-16/h5-8,16H,3,9-12H2,1H3. The second-order valence-electron chi connectivity index (χ2n) is 3.85. The SMILES string of the molecule is COC(=O)CCSCc1ccc(C#CCCO)cc1. The van der Waals surface area contributed by atoms with Crippen LogP contribution in [0.2, 0.25) is 0 Å². The number of rotatable bonds is 6. The number of aliphatic hydroxyl groups excluding tert-OH is 1. The first-order chi connectivity index (χ1) is 9.26. The number of aliphatic hydroxyl groups is 1. The molecule has 0 aliphatic rings. The third kappa shape index (κ3) is 6.90. The van der Waals surface area contributed by atoms with Crippen LogP contribution in [0, 0.1) is 11.8 Å². The summed E-state index contributed by atoms with van der Waals surface area (Å²) in [6, 6.07) is 8.02. The normalized spacial score (nSPS) is 9.58. The largest absolute Gasteiger partial charge is 0.469 e. The number of ether oxygens (including phenoxy) is 1. The van der Waals surface area contributed by atoms with E-state index in [0.29, 0.717) is 12.8 Å². The lowest BCUT2D eigenvalue weighted by Crippen LogP contribution is -2.01. The fraction of sp³-hybridized carbons (Fsp3) is 0.400. The van der Waals surface area contributed by atoms with Gasteiger partial charge in [0.25, 0.3) is 0 Å². The summed E-state index contributed by atoms with van der Waals surface area (Å²) in [6.07, 6.45) is 0.955. The highest BCUT2D eigenvalue weighted by Gasteiger charge is 2.00. The van der Waals surface area contributed by atoms with E-state index in [1.54, 1.807) is 11.8 Å². The molecule has 1 rings (SSSR count). The first kappa shape index (κ1) is 15.6. The molecule has 0 aliphatic carbocycles. The highest BCUT2D eigenvalue weighted by molar-refractivity contribution is 7.98. The molecule has 0 heterocycles. The van der Waals surface area contributed by atoms with Crippen molar-refractivity contribution >= 4 is 17.7 Å². The molecule has 0 radical (unpaired) electrons. The molecule has 0 fully saturated rings. The van der Waals surface area contributed by atoms with Gasteiger partial charge in [0.1, 0.15) is 0 Å². The van der Waals surface area contributed by atoms with E-state index in [1.165, 1.54) is 12.7 Å². The molecule has 0 bridgehead atoms. The minimum absolute atomic E-state index is 0.0991. The van der Waals surface area contributed by atoms with Gasteiger partial charge in [-0.15, -0.1) is 0 Å². The van der Waals surface area contributed by atoms with E-state index < -0.39 is 0 Å². The highest BCUT2D eigenvalue weighted by Crippen LogP contribution is 2.14. The molecular weight excluding hydrogens is 260 g/mol. The van der Waals surface area contributed by atoms with Gasteiger partial charge in [-0.3, -0.25) is 4.79 Å². The molecule has 0 unspecified atom stereocenters. The second kappa shape index (κ2) is 9.48. The van der Waals surface area contributed by atoms with Gasteiger partial charge in [0, 0.05) is 23.5 Å². The number of carbonyl (C=O) groups is 1. The Bertz CT molecular complexity index is 443. The third-order valence-corrected chi connectivity index (χ3v) is 3.40. The van der Waals surface area contributed by atoms with Crippen LogP contribution in [0.5, 0.6) is 0 Å². The van der Waals surface area contributed by atoms with Crippen LogP contribution < -0.4 is 0 Å². The van der Waals surface area contributed by atoms with Crippen molar-refractivity contribution in [3.63, 3.8) is 0 Å². The lowest BCUT2D eigenvalue weighted by molar-refractivity contribution is -0.140. The number of hydrogen-bond donors (Lipinski definition) is 1. The van der Waals surface area contributed by atoms with E-state index >= 15 is 0 Å². The van der Waals surface area contributed by atoms with E-state index in [-0.39, 0.29) is 12.6 Å². The van der Waals surface area contributed by atoms with Gasteiger partial charge in [0.15, 0.2) is 0 Å². The zero-order valence-corrected chi connectivity index (χ0v) is 11.8. The maximum absolute atomic E-state index is 10.9. The molecule has 19 heavy (non-hydrogen) atoms. The van der Waals surface area contributed by atoms with Crippen LogP contribution in [0.15, 0.2) is 24.3 Å². The van der Waals surface area contributed by atoms with E-state index in [1.807, 2.05) is 24.3 Å². The Balaban J connectivity index is 2.32. The summed E-state index contributed by atoms with van der Waals surface area (Å²) in [5, 5.41) is 8.63. The van der Waals surface area contributed by atoms with Crippen molar-refractivity contribution in [3.8, 4) is 11.8 Å². The van der Waals surface area contributed by atoms with Crippen molar-refractivity contribution in [1.29, 1.82) is 0 Å². The maximum Gasteiger partial charge on any atom is 0.306 e. The van der Waals surface area contributed by atoms with Crippen molar-refractivity contribution in [2.75, 3.05) is 19.5 Å². The van der Waals surface area contributed by atoms with Gasteiger partial charge in [-0.25, -0.2) is 0 Å². The van der Waals surface area contributed by atoms with E-state index in [4.69, 9.17) is 5.11 Å². The molecule has 1 aromatic carbocycles. The van der Waals surface area contributed by atoms with Crippen LogP contribution in [-0.4, -0.2) is 30.5 Å². The molecule has 1 aromatic rings. The Labute approximate surface area is 118 Å². The summed E-state index contributed by atoms with van der Waals surface area (Å²) in [5.41, 5.74) is 2.17. The molecule has 0 saturated heterocycles. The van der Waals surface area contributed by atoms with Crippen LogP contribution in [0.1, 0.15) is 24.0 Å². The first-order valence-corrected chi connectivity index (χ1v) is 7.25. The maximum atomic E-state index is 10.9. The summed E-state index contributed by atoms with van der Waals surface area (Å²) < 4.78 is 4.58. The Kier molecular flexibility index (Phi) is 7.80. The van der Waals surface area contributed by atoms with Crippen LogP contribution in [-0.2, 0) is 15.3 Å². The minimum Gasteiger partial charge on any atom is -0.469 e. The predicted octanol–water partition coefficient (Wildman–Crippen LogP) is 2.22. The van der Waals surface area contributed by atoms with E-state index in [0.717, 1.165) is 17.1 Å². The average Bonchev–Trinajstić information content (AvgIpc) is 2.45. The summed E-state index contributed by atoms with van der Waals surface area (Å²) in [7, 11) is 1.41. The molecular formula is C15H18O3S. The first-order valence-electron chi connectivity index (χ1n) is 6.09. The molecule has 0 aliphatic heterocycles. The molecule has 1 N–H and O–H groups in total. The average molecular weight is 278 g/mol. The molecule has 0 aromatic heterocycles. The van der Waals surface area contributed by atoms with Crippen molar-refractivity contribution in [3.05, 3.63) is 35.4 Å². The number of thioether (sulfide) groups is 1. The number of benzene rings is 1. The molecule has 0 saturated carbocycles. The fourth-order valence-electron chi connectivity index (χ4n) is 1.35. The summed E-state index contributed by atoms with van der Waals surface area (Å²) in [5.74, 6) is 7.35. The zero-order valence-electron chi connectivity index (χ0n) is 11.0. The van der Waals surface area contributed by atoms with Crippen molar-refractivity contribution in [2.45, 2.75) is 18.6 Å². The quantitative estimate of drug-likeness (QED) is 0.492. The van der Waals surface area contributed by atoms with Crippen molar-refractivity contribution in [2.24, 2.45) is 0 Å². The lowest BCUT2D eigenvalue weighted by Gasteiger charge is -2.01. The van der Waals surface area contributed by atoms with Crippen LogP contribution in [0.3, 0.4) is 0 Å². The molecule has 0 spiro atoms. The molecule has 102 valence electrons. The van der Waals surface area contributed by atoms with Crippen LogP contribution >= 0.6 is 11.8 Å². The Morgan fingerprint density at radius 2 is 2.11 bits per heavy atom. The second-order valence-corrected chi connectivity index (χ2v) is 4.96. The topological polar surface area (TPSA) is 46.5 Å². The number of hydrogen-bond acceptors (Lipinski definition) is 4. The van der Waals surface area contributed by atoms with Gasteiger partial charge in [0.05, 0.1) is 20.1 Å². The molecule has 0 amide bonds. The smallest absolute Gasteiger partial charge is 0.306 e. The van der Waals surface area contributed by atoms with E-state index in [2.05, 4.69) is 16.6 Å². The van der Waals surface area contributed by atoms with Crippen molar-refractivity contribution in [1.82, 2.24) is 0 Å². The summed E-state index contributed by atoms with van der Waals surface area (Å²) in [4.78, 5) is 10.9. The highest BCUT2D eigenvalue weighted by atomic mass is 32.2. The Morgan fingerprint density at radius 1 is 1.37 bits per heavy atom. The minimum atomic E-state index is -0.165. The monoisotopic (exact) mass is 278 g/mol. The number of carbonyl (C=O) groups excluding carboxylic acids is 1. The Morgan fingerprint density at radius 3 is 2.74 bits per heavy atom. The van der Waals surface area contributed by atoms with Gasteiger partial charge in [-0.1, -0.05) is 24.0 Å². The molecule has 3 nitrogen and oxygen atoms in total. The van der Waals surface area contributed by atoms with Crippen LogP contribution in [0.25, 0.3) is 0 Å². The Hall–Kier alpha value is -1.44. The number of methoxy groups -OCH3 is 1. The lowest BCUT2D eigenvalue weighted by atomic mass is 10.1. The van der Waals surface area contributed by atoms with E-state index in [9.17, 15) is 4.79 Å². The van der Waals surface area contributed by atoms with Gasteiger partial charge in [-0.2, -0.15) is 11.8 Å². The molecule has 0 atom stereocenters. The third-order valence-electron chi connectivity index (χ3n) is 2.37. The van der Waals surface area contributed by atoms with Gasteiger partial charge >= 0.3 is 5.97 Å². The molecule has 4 heteroatoms.